The summed E-state index contributed by atoms with van der Waals surface area (Å²) in [6.45, 7) is 3.96. The van der Waals surface area contributed by atoms with Crippen LogP contribution in [0.25, 0.3) is 0 Å². The van der Waals surface area contributed by atoms with Crippen LogP contribution in [0.1, 0.15) is 38.4 Å². The third kappa shape index (κ3) is 4.08. The SMILES string of the molecule is COC(=O)CCC(=O)Cc1c(OC)cnn1C(C)C. The van der Waals surface area contributed by atoms with Gasteiger partial charge < -0.3 is 9.47 Å². The molecular formula is C13H20N2O4. The van der Waals surface area contributed by atoms with Crippen molar-refractivity contribution in [2.24, 2.45) is 0 Å². The smallest absolute Gasteiger partial charge is 0.305 e. The van der Waals surface area contributed by atoms with E-state index in [2.05, 4.69) is 9.84 Å². The second kappa shape index (κ2) is 6.92. The number of nitrogens with zero attached hydrogens (tertiary/aromatic N) is 2. The summed E-state index contributed by atoms with van der Waals surface area (Å²) in [6.07, 6.45) is 2.08. The zero-order valence-electron chi connectivity index (χ0n) is 11.8. The van der Waals surface area contributed by atoms with Crippen LogP contribution in [0.3, 0.4) is 0 Å². The molecule has 0 fully saturated rings. The fourth-order valence-corrected chi connectivity index (χ4v) is 1.77. The Bertz CT molecular complexity index is 451. The summed E-state index contributed by atoms with van der Waals surface area (Å²) in [5.74, 6) is 0.184. The van der Waals surface area contributed by atoms with Crippen LogP contribution in [0.5, 0.6) is 5.75 Å². The average molecular weight is 268 g/mol. The molecule has 0 radical (unpaired) electrons. The third-order valence-electron chi connectivity index (χ3n) is 2.77. The molecule has 0 aliphatic rings. The minimum Gasteiger partial charge on any atom is -0.493 e. The fourth-order valence-electron chi connectivity index (χ4n) is 1.77. The molecule has 0 atom stereocenters. The molecule has 0 aliphatic carbocycles. The van der Waals surface area contributed by atoms with Crippen LogP contribution in [0.15, 0.2) is 6.20 Å². The van der Waals surface area contributed by atoms with Crippen molar-refractivity contribution in [2.75, 3.05) is 14.2 Å². The lowest BCUT2D eigenvalue weighted by Gasteiger charge is -2.11. The summed E-state index contributed by atoms with van der Waals surface area (Å²) < 4.78 is 11.5. The van der Waals surface area contributed by atoms with Gasteiger partial charge in [-0.15, -0.1) is 0 Å². The number of ether oxygens (including phenoxy) is 2. The van der Waals surface area contributed by atoms with E-state index in [-0.39, 0.29) is 37.1 Å². The molecule has 0 spiro atoms. The Kier molecular flexibility index (Phi) is 5.54. The summed E-state index contributed by atoms with van der Waals surface area (Å²) in [7, 11) is 2.85. The van der Waals surface area contributed by atoms with E-state index in [0.717, 1.165) is 5.69 Å². The first-order valence-electron chi connectivity index (χ1n) is 6.18. The summed E-state index contributed by atoms with van der Waals surface area (Å²) in [4.78, 5) is 22.9. The number of aromatic nitrogens is 2. The summed E-state index contributed by atoms with van der Waals surface area (Å²) >= 11 is 0. The number of rotatable bonds is 7. The van der Waals surface area contributed by atoms with Gasteiger partial charge in [0.2, 0.25) is 0 Å². The molecule has 1 aromatic rings. The van der Waals surface area contributed by atoms with E-state index in [0.29, 0.717) is 5.75 Å². The first-order valence-corrected chi connectivity index (χ1v) is 6.18. The number of ketones is 1. The van der Waals surface area contributed by atoms with Crippen LogP contribution in [0.4, 0.5) is 0 Å². The van der Waals surface area contributed by atoms with Crippen molar-refractivity contribution in [2.45, 2.75) is 39.2 Å². The van der Waals surface area contributed by atoms with Crippen molar-refractivity contribution in [3.63, 3.8) is 0 Å². The Morgan fingerprint density at radius 3 is 2.53 bits per heavy atom. The summed E-state index contributed by atoms with van der Waals surface area (Å²) in [5, 5.41) is 4.20. The number of carbonyl (C=O) groups excluding carboxylic acids is 2. The maximum Gasteiger partial charge on any atom is 0.305 e. The minimum absolute atomic E-state index is 0.0360. The molecule has 1 heterocycles. The van der Waals surface area contributed by atoms with Crippen molar-refractivity contribution in [1.82, 2.24) is 9.78 Å². The molecular weight excluding hydrogens is 248 g/mol. The Morgan fingerprint density at radius 2 is 2.00 bits per heavy atom. The van der Waals surface area contributed by atoms with E-state index < -0.39 is 0 Å². The zero-order valence-corrected chi connectivity index (χ0v) is 11.8. The van der Waals surface area contributed by atoms with E-state index in [1.807, 2.05) is 13.8 Å². The van der Waals surface area contributed by atoms with E-state index in [9.17, 15) is 9.59 Å². The molecule has 0 bridgehead atoms. The predicted octanol–water partition coefficient (Wildman–Crippen LogP) is 1.54. The quantitative estimate of drug-likeness (QED) is 0.701. The Morgan fingerprint density at radius 1 is 1.32 bits per heavy atom. The van der Waals surface area contributed by atoms with Crippen molar-refractivity contribution >= 4 is 11.8 Å². The summed E-state index contributed by atoms with van der Waals surface area (Å²) in [6, 6.07) is 0.146. The molecule has 0 N–H and O–H groups in total. The van der Waals surface area contributed by atoms with Gasteiger partial charge in [-0.2, -0.15) is 5.10 Å². The van der Waals surface area contributed by atoms with Gasteiger partial charge in [0.15, 0.2) is 5.75 Å². The maximum absolute atomic E-state index is 11.9. The third-order valence-corrected chi connectivity index (χ3v) is 2.77. The van der Waals surface area contributed by atoms with E-state index >= 15 is 0 Å². The highest BCUT2D eigenvalue weighted by molar-refractivity contribution is 5.84. The van der Waals surface area contributed by atoms with E-state index in [4.69, 9.17) is 4.74 Å². The van der Waals surface area contributed by atoms with Gasteiger partial charge in [0, 0.05) is 12.5 Å². The molecule has 6 nitrogen and oxygen atoms in total. The molecule has 0 aliphatic heterocycles. The number of esters is 1. The number of carbonyl (C=O) groups is 2. The monoisotopic (exact) mass is 268 g/mol. The van der Waals surface area contributed by atoms with Crippen molar-refractivity contribution in [1.29, 1.82) is 0 Å². The normalized spacial score (nSPS) is 10.6. The molecule has 6 heteroatoms. The lowest BCUT2D eigenvalue weighted by molar-refractivity contribution is -0.141. The van der Waals surface area contributed by atoms with Crippen LogP contribution in [0, 0.1) is 0 Å². The Labute approximate surface area is 112 Å². The molecule has 0 saturated carbocycles. The highest BCUT2D eigenvalue weighted by Crippen LogP contribution is 2.22. The fraction of sp³-hybridized carbons (Fsp3) is 0.615. The van der Waals surface area contributed by atoms with Gasteiger partial charge in [0.1, 0.15) is 5.78 Å². The molecule has 0 aromatic carbocycles. The van der Waals surface area contributed by atoms with Crippen LogP contribution in [-0.4, -0.2) is 35.8 Å². The van der Waals surface area contributed by atoms with Crippen molar-refractivity contribution in [3.8, 4) is 5.75 Å². The molecule has 106 valence electrons. The first-order chi connectivity index (χ1) is 8.99. The largest absolute Gasteiger partial charge is 0.493 e. The average Bonchev–Trinajstić information content (AvgIpc) is 2.78. The van der Waals surface area contributed by atoms with Crippen LogP contribution in [-0.2, 0) is 20.7 Å². The molecule has 1 aromatic heterocycles. The number of hydrogen-bond donors (Lipinski definition) is 0. The van der Waals surface area contributed by atoms with Crippen LogP contribution in [0.2, 0.25) is 0 Å². The number of Topliss-reactive ketones (excluding diaryl/α,β-unsaturated/α-hetero) is 1. The van der Waals surface area contributed by atoms with Crippen LogP contribution < -0.4 is 4.74 Å². The van der Waals surface area contributed by atoms with Gasteiger partial charge in [-0.1, -0.05) is 0 Å². The molecule has 0 saturated heterocycles. The lowest BCUT2D eigenvalue weighted by atomic mass is 10.1. The van der Waals surface area contributed by atoms with Gasteiger partial charge >= 0.3 is 5.97 Å². The van der Waals surface area contributed by atoms with Crippen molar-refractivity contribution < 1.29 is 19.1 Å². The lowest BCUT2D eigenvalue weighted by Crippen LogP contribution is -2.14. The van der Waals surface area contributed by atoms with E-state index in [1.54, 1.807) is 18.0 Å². The second-order valence-electron chi connectivity index (χ2n) is 4.49. The second-order valence-corrected chi connectivity index (χ2v) is 4.49. The summed E-state index contributed by atoms with van der Waals surface area (Å²) in [5.41, 5.74) is 0.743. The number of hydrogen-bond acceptors (Lipinski definition) is 5. The van der Waals surface area contributed by atoms with Gasteiger partial charge in [-0.3, -0.25) is 14.3 Å². The van der Waals surface area contributed by atoms with Gasteiger partial charge in [0.25, 0.3) is 0 Å². The van der Waals surface area contributed by atoms with E-state index in [1.165, 1.54) is 7.11 Å². The number of methoxy groups -OCH3 is 2. The highest BCUT2D eigenvalue weighted by Gasteiger charge is 2.17. The highest BCUT2D eigenvalue weighted by atomic mass is 16.5. The molecule has 19 heavy (non-hydrogen) atoms. The van der Waals surface area contributed by atoms with Gasteiger partial charge in [-0.05, 0) is 13.8 Å². The standard InChI is InChI=1S/C13H20N2O4/c1-9(2)15-11(12(18-3)8-14-15)7-10(16)5-6-13(17)19-4/h8-9H,5-7H2,1-4H3. The molecule has 0 amide bonds. The minimum atomic E-state index is -0.377. The van der Waals surface area contributed by atoms with Crippen molar-refractivity contribution in [3.05, 3.63) is 11.9 Å². The molecule has 1 rings (SSSR count). The maximum atomic E-state index is 11.9. The molecule has 0 unspecified atom stereocenters. The van der Waals surface area contributed by atoms with Crippen LogP contribution >= 0.6 is 0 Å². The first kappa shape index (κ1) is 15.2. The van der Waals surface area contributed by atoms with Gasteiger partial charge in [0.05, 0.1) is 39.0 Å². The predicted molar refractivity (Wildman–Crippen MR) is 69.1 cm³/mol. The Balaban J connectivity index is 2.72. The van der Waals surface area contributed by atoms with Gasteiger partial charge in [-0.25, -0.2) is 0 Å². The topological polar surface area (TPSA) is 70.4 Å². The zero-order chi connectivity index (χ0) is 14.4. The Hall–Kier alpha value is -1.85.